The number of carboxylic acids is 1. The van der Waals surface area contributed by atoms with E-state index in [0.717, 1.165) is 0 Å². The third-order valence-corrected chi connectivity index (χ3v) is 1.22. The van der Waals surface area contributed by atoms with Gasteiger partial charge in [-0.2, -0.15) is 12.6 Å². The van der Waals surface area contributed by atoms with Gasteiger partial charge in [0.2, 0.25) is 5.91 Å². The van der Waals surface area contributed by atoms with Gasteiger partial charge in [0.05, 0.1) is 0 Å². The van der Waals surface area contributed by atoms with Crippen molar-refractivity contribution in [2.45, 2.75) is 13.0 Å². The molecule has 4 nitrogen and oxygen atoms in total. The summed E-state index contributed by atoms with van der Waals surface area (Å²) in [7, 11) is 0. The average molecular weight is 271 g/mol. The van der Waals surface area contributed by atoms with E-state index < -0.39 is 12.0 Å². The quantitative estimate of drug-likeness (QED) is 0.479. The molecule has 0 unspecified atom stereocenters. The van der Waals surface area contributed by atoms with Gasteiger partial charge < -0.3 is 10.4 Å². The van der Waals surface area contributed by atoms with Crippen LogP contribution in [0.15, 0.2) is 0 Å². The summed E-state index contributed by atoms with van der Waals surface area (Å²) in [6.45, 7) is 1.26. The molecule has 0 rings (SSSR count). The molecule has 0 aliphatic carbocycles. The molecule has 6 heteroatoms. The second kappa shape index (κ2) is 6.72. The molecule has 0 fully saturated rings. The topological polar surface area (TPSA) is 66.4 Å². The fraction of sp³-hybridized carbons (Fsp3) is 0.600. The maximum absolute atomic E-state index is 10.3. The number of aliphatic carboxylic acids is 1. The van der Waals surface area contributed by atoms with Crippen LogP contribution in [0.3, 0.4) is 0 Å². The normalized spacial score (nSPS) is 11.1. The van der Waals surface area contributed by atoms with E-state index in [9.17, 15) is 9.59 Å². The molecule has 0 aliphatic rings. The average Bonchev–Trinajstić information content (AvgIpc) is 1.81. The van der Waals surface area contributed by atoms with Gasteiger partial charge in [-0.3, -0.25) is 4.79 Å². The Balaban J connectivity index is 0. The van der Waals surface area contributed by atoms with Gasteiger partial charge in [0, 0.05) is 35.1 Å². The maximum atomic E-state index is 10.3. The van der Waals surface area contributed by atoms with Gasteiger partial charge in [-0.1, -0.05) is 0 Å². The Labute approximate surface area is 85.7 Å². The SMILES string of the molecule is CC(=O)N[C@@H](CS)C(=O)O.[Ag]. The van der Waals surface area contributed by atoms with E-state index in [1.807, 2.05) is 0 Å². The minimum atomic E-state index is -1.06. The molecular formula is C5H9AgNO3S. The zero-order valence-electron chi connectivity index (χ0n) is 5.80. The first-order valence-electron chi connectivity index (χ1n) is 2.68. The van der Waals surface area contributed by atoms with Crippen molar-refractivity contribution in [1.29, 1.82) is 0 Å². The standard InChI is InChI=1S/C5H9NO3S.Ag/c1-3(7)6-4(2-10)5(8)9;/h4,10H,2H2,1H3,(H,6,7)(H,8,9);/t4-;/m0./s1. The van der Waals surface area contributed by atoms with Crippen LogP contribution in [0.5, 0.6) is 0 Å². The number of hydrogen-bond donors (Lipinski definition) is 3. The summed E-state index contributed by atoms with van der Waals surface area (Å²) in [6.07, 6.45) is 0. The van der Waals surface area contributed by atoms with Crippen LogP contribution in [-0.2, 0) is 32.0 Å². The Kier molecular flexibility index (Phi) is 8.32. The molecule has 0 aromatic carbocycles. The summed E-state index contributed by atoms with van der Waals surface area (Å²) in [5.74, 6) is -1.32. The fourth-order valence-corrected chi connectivity index (χ4v) is 0.678. The van der Waals surface area contributed by atoms with E-state index in [-0.39, 0.29) is 34.0 Å². The van der Waals surface area contributed by atoms with Crippen molar-refractivity contribution in [1.82, 2.24) is 5.32 Å². The van der Waals surface area contributed by atoms with Crippen molar-refractivity contribution < 1.29 is 37.1 Å². The van der Waals surface area contributed by atoms with Gasteiger partial charge in [-0.05, 0) is 0 Å². The zero-order valence-corrected chi connectivity index (χ0v) is 8.17. The number of nitrogens with one attached hydrogen (secondary N) is 1. The fourth-order valence-electron chi connectivity index (χ4n) is 0.431. The van der Waals surface area contributed by atoms with Crippen molar-refractivity contribution in [3.05, 3.63) is 0 Å². The Bertz CT molecular complexity index is 153. The van der Waals surface area contributed by atoms with E-state index in [0.29, 0.717) is 0 Å². The van der Waals surface area contributed by atoms with Crippen LogP contribution < -0.4 is 5.32 Å². The maximum Gasteiger partial charge on any atom is 0.327 e. The number of amides is 1. The second-order valence-corrected chi connectivity index (χ2v) is 2.14. The Morgan fingerprint density at radius 3 is 2.18 bits per heavy atom. The van der Waals surface area contributed by atoms with Crippen molar-refractivity contribution in [3.63, 3.8) is 0 Å². The van der Waals surface area contributed by atoms with Gasteiger partial charge in [-0.15, -0.1) is 0 Å². The molecule has 0 saturated heterocycles. The molecule has 0 heterocycles. The number of hydrogen-bond acceptors (Lipinski definition) is 3. The van der Waals surface area contributed by atoms with Gasteiger partial charge in [0.25, 0.3) is 0 Å². The molecule has 1 radical (unpaired) electrons. The van der Waals surface area contributed by atoms with Gasteiger partial charge in [0.1, 0.15) is 6.04 Å². The molecule has 1 amide bonds. The largest absolute Gasteiger partial charge is 0.480 e. The van der Waals surface area contributed by atoms with E-state index in [4.69, 9.17) is 5.11 Å². The van der Waals surface area contributed by atoms with Crippen LogP contribution in [-0.4, -0.2) is 28.8 Å². The number of rotatable bonds is 3. The van der Waals surface area contributed by atoms with Crippen LogP contribution >= 0.6 is 12.6 Å². The molecule has 0 aromatic rings. The van der Waals surface area contributed by atoms with E-state index in [1.165, 1.54) is 6.92 Å². The van der Waals surface area contributed by atoms with Crippen molar-refractivity contribution in [3.8, 4) is 0 Å². The summed E-state index contributed by atoms with van der Waals surface area (Å²) < 4.78 is 0. The molecule has 0 aliphatic heterocycles. The summed E-state index contributed by atoms with van der Waals surface area (Å²) >= 11 is 3.73. The predicted molar refractivity (Wildman–Crippen MR) is 39.1 cm³/mol. The number of carbonyl (C=O) groups excluding carboxylic acids is 1. The minimum Gasteiger partial charge on any atom is -0.480 e. The Hall–Kier alpha value is 0.0303. The van der Waals surface area contributed by atoms with Gasteiger partial charge in [-0.25, -0.2) is 4.79 Å². The first-order valence-corrected chi connectivity index (χ1v) is 3.32. The molecular weight excluding hydrogens is 262 g/mol. The van der Waals surface area contributed by atoms with Gasteiger partial charge in [0.15, 0.2) is 0 Å². The summed E-state index contributed by atoms with van der Waals surface area (Å²) in [4.78, 5) is 20.5. The summed E-state index contributed by atoms with van der Waals surface area (Å²) in [6, 6.07) is -0.874. The first kappa shape index (κ1) is 13.6. The zero-order chi connectivity index (χ0) is 8.15. The number of carbonyl (C=O) groups is 2. The predicted octanol–water partition coefficient (Wildman–Crippen LogP) is -0.497. The monoisotopic (exact) mass is 270 g/mol. The molecule has 0 aromatic heterocycles. The minimum absolute atomic E-state index is 0. The molecule has 1 atom stereocenters. The van der Waals surface area contributed by atoms with Crippen LogP contribution in [0.1, 0.15) is 6.92 Å². The number of thiol groups is 1. The van der Waals surface area contributed by atoms with Crippen LogP contribution in [0.4, 0.5) is 0 Å². The molecule has 0 bridgehead atoms. The molecule has 11 heavy (non-hydrogen) atoms. The third-order valence-electron chi connectivity index (χ3n) is 0.858. The Morgan fingerprint density at radius 1 is 1.64 bits per heavy atom. The van der Waals surface area contributed by atoms with Crippen LogP contribution in [0.2, 0.25) is 0 Å². The van der Waals surface area contributed by atoms with E-state index in [2.05, 4.69) is 17.9 Å². The van der Waals surface area contributed by atoms with Crippen molar-refractivity contribution in [2.24, 2.45) is 0 Å². The summed E-state index contributed by atoms with van der Waals surface area (Å²) in [5, 5.41) is 10.6. The smallest absolute Gasteiger partial charge is 0.327 e. The number of carboxylic acid groups (broad SMARTS) is 1. The van der Waals surface area contributed by atoms with Crippen molar-refractivity contribution >= 4 is 24.5 Å². The van der Waals surface area contributed by atoms with Crippen LogP contribution in [0.25, 0.3) is 0 Å². The van der Waals surface area contributed by atoms with E-state index in [1.54, 1.807) is 0 Å². The Morgan fingerprint density at radius 2 is 2.09 bits per heavy atom. The van der Waals surface area contributed by atoms with Crippen molar-refractivity contribution in [2.75, 3.05) is 5.75 Å². The second-order valence-electron chi connectivity index (χ2n) is 1.77. The van der Waals surface area contributed by atoms with Gasteiger partial charge >= 0.3 is 5.97 Å². The van der Waals surface area contributed by atoms with Crippen LogP contribution in [0, 0.1) is 0 Å². The molecule has 0 saturated carbocycles. The first-order chi connectivity index (χ1) is 4.57. The molecule has 2 N–H and O–H groups in total. The molecule has 0 spiro atoms. The summed E-state index contributed by atoms with van der Waals surface area (Å²) in [5.41, 5.74) is 0. The molecule has 69 valence electrons. The third kappa shape index (κ3) is 6.43. The van der Waals surface area contributed by atoms with E-state index >= 15 is 0 Å².